The zero-order chi connectivity index (χ0) is 20.1. The number of nitrogens with zero attached hydrogens (tertiary/aromatic N) is 2. The van der Waals surface area contributed by atoms with E-state index >= 15 is 0 Å². The van der Waals surface area contributed by atoms with Gasteiger partial charge < -0.3 is 9.84 Å². The summed E-state index contributed by atoms with van der Waals surface area (Å²) in [6.07, 6.45) is 3.52. The second-order valence-corrected chi connectivity index (χ2v) is 6.66. The third kappa shape index (κ3) is 4.65. The van der Waals surface area contributed by atoms with Gasteiger partial charge in [0.2, 0.25) is 0 Å². The Hall–Kier alpha value is -3.41. The molecule has 0 bridgehead atoms. The van der Waals surface area contributed by atoms with Crippen LogP contribution in [0.1, 0.15) is 31.7 Å². The van der Waals surface area contributed by atoms with Crippen molar-refractivity contribution in [3.8, 4) is 5.75 Å². The first-order valence-corrected chi connectivity index (χ1v) is 9.10. The molecule has 1 heterocycles. The Morgan fingerprint density at radius 3 is 2.54 bits per heavy atom. The van der Waals surface area contributed by atoms with Crippen molar-refractivity contribution in [2.75, 3.05) is 0 Å². The van der Waals surface area contributed by atoms with Crippen molar-refractivity contribution in [3.63, 3.8) is 0 Å². The largest absolute Gasteiger partial charge is 0.491 e. The highest BCUT2D eigenvalue weighted by atomic mass is 16.5. The molecule has 0 aliphatic carbocycles. The summed E-state index contributed by atoms with van der Waals surface area (Å²) in [6.45, 7) is 4.00. The van der Waals surface area contributed by atoms with E-state index in [0.717, 1.165) is 11.3 Å². The Balaban J connectivity index is 1.96. The van der Waals surface area contributed by atoms with Gasteiger partial charge in [0, 0.05) is 6.54 Å². The van der Waals surface area contributed by atoms with E-state index in [1.54, 1.807) is 24.3 Å². The summed E-state index contributed by atoms with van der Waals surface area (Å²) in [5.74, 6) is 0.248. The molecule has 1 aromatic heterocycles. The van der Waals surface area contributed by atoms with Crippen molar-refractivity contribution in [2.24, 2.45) is 0 Å². The summed E-state index contributed by atoms with van der Waals surface area (Å²) in [6, 6.07) is 14.6. The van der Waals surface area contributed by atoms with E-state index in [1.165, 1.54) is 4.57 Å². The summed E-state index contributed by atoms with van der Waals surface area (Å²) in [4.78, 5) is 28.3. The summed E-state index contributed by atoms with van der Waals surface area (Å²) >= 11 is 0. The van der Waals surface area contributed by atoms with Gasteiger partial charge in [-0.1, -0.05) is 30.3 Å². The molecular weight excluding hydrogens is 356 g/mol. The molecule has 3 aromatic rings. The predicted octanol–water partition coefficient (Wildman–Crippen LogP) is 3.83. The van der Waals surface area contributed by atoms with Crippen molar-refractivity contribution in [1.29, 1.82) is 0 Å². The highest BCUT2D eigenvalue weighted by molar-refractivity contribution is 5.79. The Morgan fingerprint density at radius 1 is 1.14 bits per heavy atom. The van der Waals surface area contributed by atoms with Gasteiger partial charge in [0.25, 0.3) is 5.56 Å². The monoisotopic (exact) mass is 378 g/mol. The molecule has 0 aliphatic heterocycles. The minimum Gasteiger partial charge on any atom is -0.491 e. The van der Waals surface area contributed by atoms with Gasteiger partial charge in [0.1, 0.15) is 11.6 Å². The Kier molecular flexibility index (Phi) is 5.89. The van der Waals surface area contributed by atoms with Gasteiger partial charge in [-0.2, -0.15) is 0 Å². The minimum absolute atomic E-state index is 0.0623. The fraction of sp³-hybridized carbons (Fsp3) is 0.227. The number of carbonyl (C=O) groups is 1. The number of hydrogen-bond acceptors (Lipinski definition) is 4. The molecule has 0 spiro atoms. The van der Waals surface area contributed by atoms with E-state index in [2.05, 4.69) is 4.98 Å². The summed E-state index contributed by atoms with van der Waals surface area (Å²) in [5, 5.41) is 9.47. The van der Waals surface area contributed by atoms with Crippen molar-refractivity contribution < 1.29 is 14.6 Å². The van der Waals surface area contributed by atoms with Gasteiger partial charge in [0.15, 0.2) is 0 Å². The number of para-hydroxylation sites is 1. The fourth-order valence-corrected chi connectivity index (χ4v) is 2.84. The third-order valence-corrected chi connectivity index (χ3v) is 4.12. The first-order chi connectivity index (χ1) is 13.4. The van der Waals surface area contributed by atoms with Gasteiger partial charge in [-0.25, -0.2) is 4.98 Å². The highest BCUT2D eigenvalue weighted by Gasteiger charge is 2.10. The van der Waals surface area contributed by atoms with Crippen molar-refractivity contribution >= 4 is 29.0 Å². The number of rotatable bonds is 7. The van der Waals surface area contributed by atoms with Crippen LogP contribution in [0.2, 0.25) is 0 Å². The molecule has 0 atom stereocenters. The average molecular weight is 378 g/mol. The Morgan fingerprint density at radius 2 is 1.86 bits per heavy atom. The number of hydrogen-bond donors (Lipinski definition) is 1. The molecule has 0 aliphatic rings. The molecule has 0 amide bonds. The number of aliphatic carboxylic acids is 1. The molecular formula is C22H22N2O4. The number of aromatic nitrogens is 2. The van der Waals surface area contributed by atoms with Gasteiger partial charge in [-0.05, 0) is 49.8 Å². The number of carboxylic acids is 1. The molecule has 3 rings (SSSR count). The first kappa shape index (κ1) is 19.4. The molecule has 6 heteroatoms. The van der Waals surface area contributed by atoms with Crippen LogP contribution in [0.15, 0.2) is 53.3 Å². The molecule has 0 radical (unpaired) electrons. The predicted molar refractivity (Wildman–Crippen MR) is 109 cm³/mol. The number of fused-ring (bicyclic) bond motifs is 1. The van der Waals surface area contributed by atoms with Crippen LogP contribution in [0.25, 0.3) is 23.1 Å². The molecule has 1 N–H and O–H groups in total. The van der Waals surface area contributed by atoms with Gasteiger partial charge in [0.05, 0.1) is 23.4 Å². The lowest BCUT2D eigenvalue weighted by molar-refractivity contribution is -0.137. The van der Waals surface area contributed by atoms with E-state index in [-0.39, 0.29) is 24.6 Å². The summed E-state index contributed by atoms with van der Waals surface area (Å²) < 4.78 is 7.04. The third-order valence-electron chi connectivity index (χ3n) is 4.12. The molecule has 0 saturated carbocycles. The van der Waals surface area contributed by atoms with E-state index < -0.39 is 5.97 Å². The van der Waals surface area contributed by atoms with Gasteiger partial charge in [-0.15, -0.1) is 0 Å². The van der Waals surface area contributed by atoms with Crippen LogP contribution in [0.3, 0.4) is 0 Å². The van der Waals surface area contributed by atoms with Crippen LogP contribution in [-0.4, -0.2) is 26.7 Å². The maximum atomic E-state index is 12.8. The fourth-order valence-electron chi connectivity index (χ4n) is 2.84. The van der Waals surface area contributed by atoms with Crippen LogP contribution in [0.4, 0.5) is 0 Å². The second-order valence-electron chi connectivity index (χ2n) is 6.66. The quantitative estimate of drug-likeness (QED) is 0.676. The maximum Gasteiger partial charge on any atom is 0.305 e. The molecule has 6 nitrogen and oxygen atoms in total. The van der Waals surface area contributed by atoms with Crippen molar-refractivity contribution in [1.82, 2.24) is 9.55 Å². The topological polar surface area (TPSA) is 81.4 Å². The van der Waals surface area contributed by atoms with Crippen LogP contribution < -0.4 is 10.3 Å². The molecule has 144 valence electrons. The van der Waals surface area contributed by atoms with Crippen LogP contribution >= 0.6 is 0 Å². The number of carboxylic acid groups (broad SMARTS) is 1. The molecule has 0 saturated heterocycles. The minimum atomic E-state index is -0.962. The summed E-state index contributed by atoms with van der Waals surface area (Å²) in [5.41, 5.74) is 1.26. The number of benzene rings is 2. The van der Waals surface area contributed by atoms with E-state index in [0.29, 0.717) is 16.7 Å². The zero-order valence-corrected chi connectivity index (χ0v) is 15.8. The lowest BCUT2D eigenvalue weighted by Crippen LogP contribution is -2.25. The van der Waals surface area contributed by atoms with Crippen LogP contribution in [-0.2, 0) is 11.3 Å². The Labute approximate surface area is 162 Å². The van der Waals surface area contributed by atoms with Gasteiger partial charge >= 0.3 is 5.97 Å². The number of ether oxygens (including phenoxy) is 1. The second kappa shape index (κ2) is 8.52. The normalized spacial score (nSPS) is 11.4. The molecule has 2 aromatic carbocycles. The smallest absolute Gasteiger partial charge is 0.305 e. The van der Waals surface area contributed by atoms with Crippen molar-refractivity contribution in [3.05, 3.63) is 70.3 Å². The summed E-state index contributed by atoms with van der Waals surface area (Å²) in [7, 11) is 0. The maximum absolute atomic E-state index is 12.8. The SMILES string of the molecule is CC(C)Oc1ccc(/C=C/c2nc3ccccc3c(=O)n2CCC(=O)O)cc1. The van der Waals surface area contributed by atoms with E-state index in [4.69, 9.17) is 9.84 Å². The average Bonchev–Trinajstić information content (AvgIpc) is 2.66. The van der Waals surface area contributed by atoms with Crippen LogP contribution in [0.5, 0.6) is 5.75 Å². The van der Waals surface area contributed by atoms with Crippen molar-refractivity contribution in [2.45, 2.75) is 32.9 Å². The van der Waals surface area contributed by atoms with E-state index in [1.807, 2.05) is 50.3 Å². The lowest BCUT2D eigenvalue weighted by atomic mass is 10.2. The Bertz CT molecular complexity index is 1070. The lowest BCUT2D eigenvalue weighted by Gasteiger charge is -2.10. The van der Waals surface area contributed by atoms with Gasteiger partial charge in [-0.3, -0.25) is 14.2 Å². The van der Waals surface area contributed by atoms with E-state index in [9.17, 15) is 9.59 Å². The zero-order valence-electron chi connectivity index (χ0n) is 15.8. The van der Waals surface area contributed by atoms with Crippen LogP contribution in [0, 0.1) is 0 Å². The highest BCUT2D eigenvalue weighted by Crippen LogP contribution is 2.16. The molecule has 0 fully saturated rings. The standard InChI is InChI=1S/C22H22N2O4/c1-15(2)28-17-10-7-16(8-11-17)9-12-20-23-19-6-4-3-5-18(19)22(27)24(20)14-13-21(25)26/h3-12,15H,13-14H2,1-2H3,(H,25,26)/b12-9+. The first-order valence-electron chi connectivity index (χ1n) is 9.10. The molecule has 28 heavy (non-hydrogen) atoms. The molecule has 0 unspecified atom stereocenters.